The molecule has 4 heteroatoms. The minimum absolute atomic E-state index is 0.108. The van der Waals surface area contributed by atoms with E-state index in [-0.39, 0.29) is 11.3 Å². The van der Waals surface area contributed by atoms with E-state index in [1.54, 1.807) is 11.8 Å². The zero-order valence-electron chi connectivity index (χ0n) is 13.9. The van der Waals surface area contributed by atoms with Gasteiger partial charge < -0.3 is 10.6 Å². The van der Waals surface area contributed by atoms with E-state index in [4.69, 9.17) is 0 Å². The number of rotatable bonds is 4. The lowest BCUT2D eigenvalue weighted by molar-refractivity contribution is -0.118. The number of fused-ring (bicyclic) bond motifs is 1. The van der Waals surface area contributed by atoms with Gasteiger partial charge in [0, 0.05) is 6.04 Å². The molecule has 0 bridgehead atoms. The van der Waals surface area contributed by atoms with E-state index in [0.29, 0.717) is 11.8 Å². The summed E-state index contributed by atoms with van der Waals surface area (Å²) in [6.07, 6.45) is 6.19. The number of nitrogens with one attached hydrogen (secondary N) is 2. The molecule has 2 aliphatic rings. The maximum atomic E-state index is 11.7. The van der Waals surface area contributed by atoms with Crippen molar-refractivity contribution in [2.45, 2.75) is 43.5 Å². The van der Waals surface area contributed by atoms with Crippen molar-refractivity contribution in [2.24, 2.45) is 0 Å². The van der Waals surface area contributed by atoms with Gasteiger partial charge in [0.15, 0.2) is 0 Å². The first-order valence-electron chi connectivity index (χ1n) is 8.95. The molecule has 126 valence electrons. The van der Waals surface area contributed by atoms with Crippen molar-refractivity contribution in [2.75, 3.05) is 12.3 Å². The summed E-state index contributed by atoms with van der Waals surface area (Å²) >= 11 is 1.71. The maximum Gasteiger partial charge on any atom is 0.231 e. The quantitative estimate of drug-likeness (QED) is 0.890. The highest BCUT2D eigenvalue weighted by molar-refractivity contribution is 8.00. The summed E-state index contributed by atoms with van der Waals surface area (Å²) in [7, 11) is 0. The van der Waals surface area contributed by atoms with Crippen LogP contribution in [0.4, 0.5) is 0 Å². The van der Waals surface area contributed by atoms with Gasteiger partial charge in [-0.25, -0.2) is 0 Å². The van der Waals surface area contributed by atoms with E-state index in [0.717, 1.165) is 13.0 Å². The SMILES string of the molecule is O=C1CSC(c2cc3ccccc3cc2CCC2CCCCN2)N1. The zero-order valence-corrected chi connectivity index (χ0v) is 14.7. The fraction of sp³-hybridized carbons (Fsp3) is 0.450. The van der Waals surface area contributed by atoms with Crippen molar-refractivity contribution >= 4 is 28.4 Å². The molecule has 0 radical (unpaired) electrons. The van der Waals surface area contributed by atoms with Crippen LogP contribution < -0.4 is 10.6 Å². The van der Waals surface area contributed by atoms with Crippen LogP contribution in [-0.4, -0.2) is 24.2 Å². The van der Waals surface area contributed by atoms with Crippen molar-refractivity contribution in [3.63, 3.8) is 0 Å². The number of carbonyl (C=O) groups excluding carboxylic acids is 1. The molecule has 2 N–H and O–H groups in total. The number of amides is 1. The summed E-state index contributed by atoms with van der Waals surface area (Å²) in [5.41, 5.74) is 2.68. The van der Waals surface area contributed by atoms with Crippen molar-refractivity contribution < 1.29 is 4.79 Å². The zero-order chi connectivity index (χ0) is 16.4. The Morgan fingerprint density at radius 1 is 1.12 bits per heavy atom. The third-order valence-corrected chi connectivity index (χ3v) is 6.27. The molecule has 24 heavy (non-hydrogen) atoms. The predicted molar refractivity (Wildman–Crippen MR) is 101 cm³/mol. The van der Waals surface area contributed by atoms with Crippen molar-refractivity contribution in [1.29, 1.82) is 0 Å². The van der Waals surface area contributed by atoms with Crippen LogP contribution >= 0.6 is 11.8 Å². The summed E-state index contributed by atoms with van der Waals surface area (Å²) in [6, 6.07) is 13.8. The molecule has 3 nitrogen and oxygen atoms in total. The molecule has 0 aromatic heterocycles. The molecule has 2 aromatic carbocycles. The number of aryl methyl sites for hydroxylation is 1. The van der Waals surface area contributed by atoms with Crippen molar-refractivity contribution in [1.82, 2.24) is 10.6 Å². The van der Waals surface area contributed by atoms with Gasteiger partial charge in [-0.15, -0.1) is 11.8 Å². The Bertz CT molecular complexity index is 739. The van der Waals surface area contributed by atoms with E-state index >= 15 is 0 Å². The minimum atomic E-state index is 0.108. The molecule has 2 heterocycles. The second-order valence-electron chi connectivity index (χ2n) is 6.84. The molecule has 0 aliphatic carbocycles. The van der Waals surface area contributed by atoms with Crippen LogP contribution in [0.2, 0.25) is 0 Å². The predicted octanol–water partition coefficient (Wildman–Crippen LogP) is 3.78. The van der Waals surface area contributed by atoms with Crippen LogP contribution in [0.1, 0.15) is 42.2 Å². The number of benzene rings is 2. The number of piperidine rings is 1. The van der Waals surface area contributed by atoms with Gasteiger partial charge in [0.2, 0.25) is 5.91 Å². The maximum absolute atomic E-state index is 11.7. The third-order valence-electron chi connectivity index (χ3n) is 5.14. The highest BCUT2D eigenvalue weighted by Gasteiger charge is 2.25. The monoisotopic (exact) mass is 340 g/mol. The molecule has 2 atom stereocenters. The Kier molecular flexibility index (Phi) is 4.76. The Balaban J connectivity index is 1.61. The van der Waals surface area contributed by atoms with Crippen LogP contribution in [0.25, 0.3) is 10.8 Å². The largest absolute Gasteiger partial charge is 0.339 e. The van der Waals surface area contributed by atoms with Crippen LogP contribution in [0.5, 0.6) is 0 Å². The standard InChI is InChI=1S/C20H24N2OS/c23-19-13-24-20(22-19)18-12-15-6-2-1-5-14(15)11-16(18)8-9-17-7-3-4-10-21-17/h1-2,5-6,11-12,17,20-21H,3-4,7-10,13H2,(H,22,23). The second-order valence-corrected chi connectivity index (χ2v) is 7.94. The topological polar surface area (TPSA) is 41.1 Å². The van der Waals surface area contributed by atoms with E-state index in [9.17, 15) is 4.79 Å². The fourth-order valence-corrected chi connectivity index (χ4v) is 4.84. The van der Waals surface area contributed by atoms with Crippen molar-refractivity contribution in [3.05, 3.63) is 47.5 Å². The molecule has 2 aliphatic heterocycles. The van der Waals surface area contributed by atoms with E-state index in [1.807, 2.05) is 0 Å². The number of hydrogen-bond acceptors (Lipinski definition) is 3. The van der Waals surface area contributed by atoms with Crippen LogP contribution in [0, 0.1) is 0 Å². The van der Waals surface area contributed by atoms with Crippen LogP contribution in [0.15, 0.2) is 36.4 Å². The van der Waals surface area contributed by atoms with Gasteiger partial charge in [0.05, 0.1) is 5.75 Å². The summed E-state index contributed by atoms with van der Waals surface area (Å²) in [5, 5.41) is 9.43. The summed E-state index contributed by atoms with van der Waals surface area (Å²) in [5.74, 6) is 0.722. The normalized spacial score (nSPS) is 24.2. The molecule has 2 aromatic rings. The first-order valence-corrected chi connectivity index (χ1v) is 10.0. The van der Waals surface area contributed by atoms with E-state index in [2.05, 4.69) is 47.0 Å². The molecule has 1 amide bonds. The Morgan fingerprint density at radius 2 is 1.96 bits per heavy atom. The molecule has 0 saturated carbocycles. The van der Waals surface area contributed by atoms with Gasteiger partial charge in [0.1, 0.15) is 5.37 Å². The van der Waals surface area contributed by atoms with Gasteiger partial charge in [-0.3, -0.25) is 4.79 Å². The summed E-state index contributed by atoms with van der Waals surface area (Å²) in [6.45, 7) is 1.16. The molecule has 2 fully saturated rings. The number of carbonyl (C=O) groups is 1. The number of thioether (sulfide) groups is 1. The average Bonchev–Trinajstić information content (AvgIpc) is 3.06. The van der Waals surface area contributed by atoms with Crippen LogP contribution in [0.3, 0.4) is 0 Å². The molecular formula is C20H24N2OS. The fourth-order valence-electron chi connectivity index (χ4n) is 3.82. The third kappa shape index (κ3) is 3.45. The lowest BCUT2D eigenvalue weighted by atomic mass is 9.93. The van der Waals surface area contributed by atoms with Crippen molar-refractivity contribution in [3.8, 4) is 0 Å². The molecule has 0 spiro atoms. The van der Waals surface area contributed by atoms with Gasteiger partial charge in [-0.05, 0) is 60.2 Å². The van der Waals surface area contributed by atoms with Gasteiger partial charge in [-0.2, -0.15) is 0 Å². The van der Waals surface area contributed by atoms with Gasteiger partial charge >= 0.3 is 0 Å². The lowest BCUT2D eigenvalue weighted by Gasteiger charge is -2.24. The Labute approximate surface area is 147 Å². The first kappa shape index (κ1) is 16.0. The average molecular weight is 340 g/mol. The molecule has 2 saturated heterocycles. The molecule has 4 rings (SSSR count). The van der Waals surface area contributed by atoms with Gasteiger partial charge in [0.25, 0.3) is 0 Å². The summed E-state index contributed by atoms with van der Waals surface area (Å²) in [4.78, 5) is 11.7. The number of hydrogen-bond donors (Lipinski definition) is 2. The Hall–Kier alpha value is -1.52. The molecular weight excluding hydrogens is 316 g/mol. The molecule has 2 unspecified atom stereocenters. The van der Waals surface area contributed by atoms with E-state index in [1.165, 1.54) is 47.6 Å². The van der Waals surface area contributed by atoms with Gasteiger partial charge in [-0.1, -0.05) is 36.8 Å². The highest BCUT2D eigenvalue weighted by Crippen LogP contribution is 2.35. The minimum Gasteiger partial charge on any atom is -0.339 e. The van der Waals surface area contributed by atoms with Crippen LogP contribution in [-0.2, 0) is 11.2 Å². The highest BCUT2D eigenvalue weighted by atomic mass is 32.2. The first-order chi connectivity index (χ1) is 11.8. The second kappa shape index (κ2) is 7.16. The smallest absolute Gasteiger partial charge is 0.231 e. The summed E-state index contributed by atoms with van der Waals surface area (Å²) < 4.78 is 0. The van der Waals surface area contributed by atoms with E-state index < -0.39 is 0 Å². The lowest BCUT2D eigenvalue weighted by Crippen LogP contribution is -2.34. The Morgan fingerprint density at radius 3 is 2.67 bits per heavy atom.